The molecule has 0 unspecified atom stereocenters. The van der Waals surface area contributed by atoms with Crippen molar-refractivity contribution in [3.05, 3.63) is 69.6 Å². The lowest BCUT2D eigenvalue weighted by Crippen LogP contribution is -2.24. The average molecular weight is 408 g/mol. The van der Waals surface area contributed by atoms with Gasteiger partial charge in [-0.3, -0.25) is 4.79 Å². The summed E-state index contributed by atoms with van der Waals surface area (Å²) in [4.78, 5) is 12.9. The lowest BCUT2D eigenvalue weighted by atomic mass is 10.1. The number of aryl methyl sites for hydroxylation is 1. The van der Waals surface area contributed by atoms with Crippen molar-refractivity contribution in [1.29, 1.82) is 0 Å². The van der Waals surface area contributed by atoms with Crippen LogP contribution in [0.15, 0.2) is 64.0 Å². The minimum Gasteiger partial charge on any atom is -0.448 e. The molecule has 4 aromatic rings. The van der Waals surface area contributed by atoms with E-state index < -0.39 is 0 Å². The van der Waals surface area contributed by atoms with Crippen molar-refractivity contribution in [1.82, 2.24) is 14.3 Å². The zero-order chi connectivity index (χ0) is 17.8. The summed E-state index contributed by atoms with van der Waals surface area (Å²) < 4.78 is 10.6. The molecule has 0 fully saturated rings. The molecule has 0 bridgehead atoms. The molecule has 5 rings (SSSR count). The van der Waals surface area contributed by atoms with E-state index in [0.29, 0.717) is 23.7 Å². The average Bonchev–Trinajstić information content (AvgIpc) is 2.95. The van der Waals surface area contributed by atoms with Crippen molar-refractivity contribution in [2.45, 2.75) is 13.5 Å². The van der Waals surface area contributed by atoms with E-state index >= 15 is 0 Å². The Bertz CT molecular complexity index is 1240. The lowest BCUT2D eigenvalue weighted by Gasteiger charge is -2.11. The first-order valence-corrected chi connectivity index (χ1v) is 9.15. The van der Waals surface area contributed by atoms with Gasteiger partial charge in [0.2, 0.25) is 5.75 Å². The van der Waals surface area contributed by atoms with Gasteiger partial charge < -0.3 is 9.30 Å². The van der Waals surface area contributed by atoms with Gasteiger partial charge in [0.25, 0.3) is 0 Å². The maximum Gasteiger partial charge on any atom is 0.311 e. The summed E-state index contributed by atoms with van der Waals surface area (Å²) >= 11 is 3.54. The molecule has 2 aromatic heterocycles. The van der Waals surface area contributed by atoms with E-state index in [1.807, 2.05) is 43.3 Å². The first-order valence-electron chi connectivity index (χ1n) is 8.36. The topological polar surface area (TPSA) is 49.1 Å². The number of para-hydroxylation sites is 1. The molecule has 0 saturated heterocycles. The molecule has 2 aromatic carbocycles. The highest BCUT2D eigenvalue weighted by atomic mass is 79.9. The number of aromatic nitrogens is 3. The second-order valence-corrected chi connectivity index (χ2v) is 7.06. The van der Waals surface area contributed by atoms with E-state index in [-0.39, 0.29) is 5.56 Å². The van der Waals surface area contributed by atoms with Crippen LogP contribution in [-0.4, -0.2) is 14.3 Å². The van der Waals surface area contributed by atoms with E-state index in [0.717, 1.165) is 26.6 Å². The Labute approximate surface area is 157 Å². The van der Waals surface area contributed by atoms with Crippen molar-refractivity contribution in [3.63, 3.8) is 0 Å². The smallest absolute Gasteiger partial charge is 0.311 e. The monoisotopic (exact) mass is 407 g/mol. The molecule has 0 radical (unpaired) electrons. The van der Waals surface area contributed by atoms with E-state index in [1.54, 1.807) is 6.20 Å². The van der Waals surface area contributed by atoms with E-state index in [1.165, 1.54) is 4.68 Å². The van der Waals surface area contributed by atoms with E-state index in [4.69, 9.17) is 4.74 Å². The Kier molecular flexibility index (Phi) is 3.30. The Balaban J connectivity index is 1.97. The number of rotatable bonds is 1. The van der Waals surface area contributed by atoms with Crippen molar-refractivity contribution >= 4 is 26.8 Å². The van der Waals surface area contributed by atoms with Gasteiger partial charge in [-0.2, -0.15) is 5.10 Å². The Morgan fingerprint density at radius 1 is 1.15 bits per heavy atom. The van der Waals surface area contributed by atoms with Crippen LogP contribution < -0.4 is 10.3 Å². The normalized spacial score (nSPS) is 12.1. The maximum atomic E-state index is 12.9. The molecule has 0 atom stereocenters. The number of ether oxygens (including phenoxy) is 1. The standard InChI is InChI=1S/C20H14BrN3O2/c1-2-23-20(25)19-17(11-22-23)24-15-8-7-13(21)9-12(15)10-16(24)14-5-3-4-6-18(14)26-19/h3-11H,2H2,1H3. The summed E-state index contributed by atoms with van der Waals surface area (Å²) in [6.07, 6.45) is 1.71. The summed E-state index contributed by atoms with van der Waals surface area (Å²) in [7, 11) is 0. The number of benzene rings is 2. The molecule has 1 aliphatic rings. The molecule has 0 spiro atoms. The number of halogens is 1. The van der Waals surface area contributed by atoms with Gasteiger partial charge in [0.1, 0.15) is 11.4 Å². The van der Waals surface area contributed by atoms with Gasteiger partial charge in [-0.15, -0.1) is 0 Å². The third kappa shape index (κ3) is 2.08. The Morgan fingerprint density at radius 3 is 2.85 bits per heavy atom. The van der Waals surface area contributed by atoms with Crippen molar-refractivity contribution in [3.8, 4) is 28.4 Å². The fourth-order valence-electron chi connectivity index (χ4n) is 3.46. The van der Waals surface area contributed by atoms with Crippen LogP contribution in [0.25, 0.3) is 27.8 Å². The highest BCUT2D eigenvalue weighted by Gasteiger charge is 2.25. The van der Waals surface area contributed by atoms with Crippen LogP contribution in [0.4, 0.5) is 0 Å². The third-order valence-corrected chi connectivity index (χ3v) is 5.15. The van der Waals surface area contributed by atoms with Gasteiger partial charge in [-0.05, 0) is 43.3 Å². The van der Waals surface area contributed by atoms with Gasteiger partial charge >= 0.3 is 5.56 Å². The van der Waals surface area contributed by atoms with Crippen molar-refractivity contribution < 1.29 is 4.74 Å². The summed E-state index contributed by atoms with van der Waals surface area (Å²) in [6, 6.07) is 16.0. The van der Waals surface area contributed by atoms with Crippen molar-refractivity contribution in [2.75, 3.05) is 0 Å². The second-order valence-electron chi connectivity index (χ2n) is 6.15. The molecular formula is C20H14BrN3O2. The molecule has 3 heterocycles. The van der Waals surface area contributed by atoms with Crippen LogP contribution in [0.3, 0.4) is 0 Å². The van der Waals surface area contributed by atoms with Gasteiger partial charge in [-0.1, -0.05) is 28.1 Å². The Morgan fingerprint density at radius 2 is 2.00 bits per heavy atom. The third-order valence-electron chi connectivity index (χ3n) is 4.66. The van der Waals surface area contributed by atoms with Gasteiger partial charge in [-0.25, -0.2) is 4.68 Å². The molecule has 5 nitrogen and oxygen atoms in total. The molecule has 0 saturated carbocycles. The highest BCUT2D eigenvalue weighted by molar-refractivity contribution is 9.10. The summed E-state index contributed by atoms with van der Waals surface area (Å²) in [6.45, 7) is 2.38. The SMILES string of the molecule is CCn1ncc2c(c1=O)Oc1ccccc1-c1cc3cc(Br)ccc3n1-2. The van der Waals surface area contributed by atoms with Gasteiger partial charge in [0, 0.05) is 22.0 Å². The molecule has 26 heavy (non-hydrogen) atoms. The zero-order valence-corrected chi connectivity index (χ0v) is 15.5. The van der Waals surface area contributed by atoms with Crippen LogP contribution >= 0.6 is 15.9 Å². The van der Waals surface area contributed by atoms with Crippen LogP contribution in [0.5, 0.6) is 11.5 Å². The van der Waals surface area contributed by atoms with Gasteiger partial charge in [0.15, 0.2) is 0 Å². The minimum atomic E-state index is -0.230. The number of hydrogen-bond acceptors (Lipinski definition) is 3. The van der Waals surface area contributed by atoms with Crippen LogP contribution in [-0.2, 0) is 6.54 Å². The number of nitrogens with zero attached hydrogens (tertiary/aromatic N) is 3. The predicted molar refractivity (Wildman–Crippen MR) is 104 cm³/mol. The second kappa shape index (κ2) is 5.57. The Hall–Kier alpha value is -2.86. The number of hydrogen-bond donors (Lipinski definition) is 0. The minimum absolute atomic E-state index is 0.230. The number of fused-ring (bicyclic) bond motifs is 7. The highest BCUT2D eigenvalue weighted by Crippen LogP contribution is 2.43. The summed E-state index contributed by atoms with van der Waals surface area (Å²) in [5.74, 6) is 0.966. The molecule has 1 aliphatic heterocycles. The molecular weight excluding hydrogens is 394 g/mol. The molecule has 128 valence electrons. The van der Waals surface area contributed by atoms with Gasteiger partial charge in [0.05, 0.1) is 17.4 Å². The summed E-state index contributed by atoms with van der Waals surface area (Å²) in [5.41, 5.74) is 3.34. The van der Waals surface area contributed by atoms with E-state index in [2.05, 4.69) is 37.7 Å². The predicted octanol–water partition coefficient (Wildman–Crippen LogP) is 4.74. The van der Waals surface area contributed by atoms with Crippen LogP contribution in [0.1, 0.15) is 6.92 Å². The van der Waals surface area contributed by atoms with Crippen molar-refractivity contribution in [2.24, 2.45) is 0 Å². The fourth-order valence-corrected chi connectivity index (χ4v) is 3.84. The molecule has 0 amide bonds. The lowest BCUT2D eigenvalue weighted by molar-refractivity contribution is 0.459. The van der Waals surface area contributed by atoms with Crippen LogP contribution in [0, 0.1) is 0 Å². The first kappa shape index (κ1) is 15.4. The molecule has 0 aliphatic carbocycles. The molecule has 0 N–H and O–H groups in total. The first-order chi connectivity index (χ1) is 12.7. The maximum absolute atomic E-state index is 12.9. The zero-order valence-electron chi connectivity index (χ0n) is 13.9. The largest absolute Gasteiger partial charge is 0.448 e. The van der Waals surface area contributed by atoms with E-state index in [9.17, 15) is 4.79 Å². The fraction of sp³-hybridized carbons (Fsp3) is 0.100. The molecule has 6 heteroatoms. The van der Waals surface area contributed by atoms with Crippen LogP contribution in [0.2, 0.25) is 0 Å². The quantitative estimate of drug-likeness (QED) is 0.403. The summed E-state index contributed by atoms with van der Waals surface area (Å²) in [5, 5.41) is 5.39.